The molecule has 1 fully saturated rings. The van der Waals surface area contributed by atoms with E-state index < -0.39 is 17.7 Å². The molecular formula is C29H27ClN4O4. The van der Waals surface area contributed by atoms with Gasteiger partial charge in [0, 0.05) is 25.3 Å². The summed E-state index contributed by atoms with van der Waals surface area (Å²) in [5, 5.41) is 11.7. The number of H-pyrrole nitrogens is 1. The number of nitrogens with one attached hydrogen (secondary N) is 1. The maximum atomic E-state index is 13.5. The number of hydrogen-bond donors (Lipinski definition) is 2. The van der Waals surface area contributed by atoms with Crippen LogP contribution in [-0.2, 0) is 9.59 Å². The van der Waals surface area contributed by atoms with Gasteiger partial charge in [-0.25, -0.2) is 4.98 Å². The average Bonchev–Trinajstić information content (AvgIpc) is 3.41. The maximum Gasteiger partial charge on any atom is 0.302 e. The average molecular weight is 531 g/mol. The lowest BCUT2D eigenvalue weighted by Gasteiger charge is -2.24. The lowest BCUT2D eigenvalue weighted by atomic mass is 9.95. The summed E-state index contributed by atoms with van der Waals surface area (Å²) in [6.07, 6.45) is 0. The number of benzene rings is 3. The first-order chi connectivity index (χ1) is 18.1. The largest absolute Gasteiger partial charge is 0.507 e. The number of carbonyl (C=O) groups excluding carboxylic acids is 2. The number of ether oxygens (including phenoxy) is 1. The Labute approximate surface area is 225 Å². The van der Waals surface area contributed by atoms with Crippen LogP contribution in [0.3, 0.4) is 0 Å². The number of hydrogen-bond acceptors (Lipinski definition) is 6. The van der Waals surface area contributed by atoms with Crippen molar-refractivity contribution in [3.05, 3.63) is 87.4 Å². The van der Waals surface area contributed by atoms with Gasteiger partial charge in [0.2, 0.25) is 5.95 Å². The van der Waals surface area contributed by atoms with Crippen LogP contribution in [0.15, 0.2) is 60.2 Å². The molecule has 4 aromatic rings. The number of rotatable bonds is 5. The zero-order valence-corrected chi connectivity index (χ0v) is 22.4. The predicted octanol–water partition coefficient (Wildman–Crippen LogP) is 5.53. The van der Waals surface area contributed by atoms with Gasteiger partial charge in [0.15, 0.2) is 0 Å². The van der Waals surface area contributed by atoms with Crippen LogP contribution in [0, 0.1) is 13.8 Å². The minimum atomic E-state index is -0.921. The fraction of sp³-hybridized carbons (Fsp3) is 0.207. The second-order valence-corrected chi connectivity index (χ2v) is 9.93. The fourth-order valence-corrected chi connectivity index (χ4v) is 4.92. The maximum absolute atomic E-state index is 13.5. The van der Waals surface area contributed by atoms with Crippen molar-refractivity contribution >= 4 is 51.7 Å². The van der Waals surface area contributed by atoms with Crippen LogP contribution in [0.25, 0.3) is 16.8 Å². The quantitative estimate of drug-likeness (QED) is 0.200. The molecule has 1 aromatic heterocycles. The van der Waals surface area contributed by atoms with Gasteiger partial charge in [-0.3, -0.25) is 14.5 Å². The third kappa shape index (κ3) is 4.16. The number of aromatic nitrogens is 2. The van der Waals surface area contributed by atoms with Crippen molar-refractivity contribution in [1.82, 2.24) is 9.97 Å². The van der Waals surface area contributed by atoms with Crippen LogP contribution in [-0.4, -0.2) is 48.0 Å². The van der Waals surface area contributed by atoms with Crippen molar-refractivity contribution in [3.8, 4) is 5.75 Å². The molecule has 2 heterocycles. The third-order valence-corrected chi connectivity index (χ3v) is 7.20. The van der Waals surface area contributed by atoms with Crippen LogP contribution >= 0.6 is 11.6 Å². The summed E-state index contributed by atoms with van der Waals surface area (Å²) >= 11 is 6.30. The molecule has 1 atom stereocenters. The Morgan fingerprint density at radius 1 is 1.05 bits per heavy atom. The SMILES string of the molecule is COc1ccc(/C(O)=C2\C(=O)C(=O)N(c3nc4cc(C)c(C)cc4[nH]3)C2c2ccc(N(C)C)cc2)cc1Cl. The molecule has 194 valence electrons. The summed E-state index contributed by atoms with van der Waals surface area (Å²) in [4.78, 5) is 38.1. The molecule has 9 heteroatoms. The van der Waals surface area contributed by atoms with Gasteiger partial charge >= 0.3 is 5.91 Å². The van der Waals surface area contributed by atoms with Crippen molar-refractivity contribution in [2.45, 2.75) is 19.9 Å². The van der Waals surface area contributed by atoms with Crippen LogP contribution in [0.4, 0.5) is 11.6 Å². The van der Waals surface area contributed by atoms with E-state index in [2.05, 4.69) is 9.97 Å². The lowest BCUT2D eigenvalue weighted by Crippen LogP contribution is -2.30. The Balaban J connectivity index is 1.72. The third-order valence-electron chi connectivity index (χ3n) is 6.91. The van der Waals surface area contributed by atoms with E-state index in [-0.39, 0.29) is 22.3 Å². The number of aromatic amines is 1. The number of aryl methyl sites for hydroxylation is 2. The normalized spacial score (nSPS) is 16.9. The molecule has 1 aliphatic heterocycles. The van der Waals surface area contributed by atoms with E-state index in [1.54, 1.807) is 12.1 Å². The van der Waals surface area contributed by atoms with E-state index in [9.17, 15) is 14.7 Å². The van der Waals surface area contributed by atoms with Gasteiger partial charge < -0.3 is 19.7 Å². The molecule has 2 N–H and O–H groups in total. The molecule has 0 bridgehead atoms. The Morgan fingerprint density at radius 3 is 2.37 bits per heavy atom. The molecule has 1 unspecified atom stereocenters. The summed E-state index contributed by atoms with van der Waals surface area (Å²) in [5.41, 5.74) is 5.38. The van der Waals surface area contributed by atoms with E-state index in [0.29, 0.717) is 22.4 Å². The van der Waals surface area contributed by atoms with Gasteiger partial charge in [-0.15, -0.1) is 0 Å². The number of carbonyl (C=O) groups is 2. The van der Waals surface area contributed by atoms with Crippen molar-refractivity contribution in [2.75, 3.05) is 31.0 Å². The van der Waals surface area contributed by atoms with Crippen LogP contribution in [0.1, 0.15) is 28.3 Å². The van der Waals surface area contributed by atoms with Gasteiger partial charge in [-0.2, -0.15) is 0 Å². The smallest absolute Gasteiger partial charge is 0.302 e. The number of aliphatic hydroxyl groups excluding tert-OH is 1. The van der Waals surface area contributed by atoms with E-state index in [1.165, 1.54) is 18.1 Å². The highest BCUT2D eigenvalue weighted by atomic mass is 35.5. The number of amides is 1. The molecule has 5 rings (SSSR count). The number of aliphatic hydroxyl groups is 1. The summed E-state index contributed by atoms with van der Waals surface area (Å²) < 4.78 is 5.21. The molecule has 1 saturated heterocycles. The Morgan fingerprint density at radius 2 is 1.74 bits per heavy atom. The molecule has 0 radical (unpaired) electrons. The Bertz CT molecular complexity index is 1580. The van der Waals surface area contributed by atoms with Gasteiger partial charge in [-0.1, -0.05) is 23.7 Å². The van der Waals surface area contributed by atoms with Crippen LogP contribution in [0.5, 0.6) is 5.75 Å². The van der Waals surface area contributed by atoms with Crippen molar-refractivity contribution in [3.63, 3.8) is 0 Å². The standard InChI is InChI=1S/C29H27ClN4O4/c1-15-12-21-22(13-16(15)2)32-29(31-21)34-25(17-6-9-19(10-7-17)33(3)4)24(27(36)28(34)37)26(35)18-8-11-23(38-5)20(30)14-18/h6-14,25,35H,1-5H3,(H,31,32)/b26-24+. The van der Waals surface area contributed by atoms with Crippen LogP contribution in [0.2, 0.25) is 5.02 Å². The lowest BCUT2D eigenvalue weighted by molar-refractivity contribution is -0.132. The molecule has 3 aromatic carbocycles. The predicted molar refractivity (Wildman–Crippen MR) is 149 cm³/mol. The summed E-state index contributed by atoms with van der Waals surface area (Å²) in [6.45, 7) is 3.98. The first-order valence-electron chi connectivity index (χ1n) is 12.0. The second kappa shape index (κ2) is 9.54. The van der Waals surface area contributed by atoms with E-state index in [0.717, 1.165) is 22.3 Å². The number of methoxy groups -OCH3 is 1. The summed E-state index contributed by atoms with van der Waals surface area (Å²) in [6, 6.07) is 15.1. The highest BCUT2D eigenvalue weighted by molar-refractivity contribution is 6.51. The fourth-order valence-electron chi connectivity index (χ4n) is 4.66. The molecular weight excluding hydrogens is 504 g/mol. The topological polar surface area (TPSA) is 98.8 Å². The summed E-state index contributed by atoms with van der Waals surface area (Å²) in [7, 11) is 5.33. The number of halogens is 1. The highest BCUT2D eigenvalue weighted by Crippen LogP contribution is 2.42. The van der Waals surface area contributed by atoms with Crippen molar-refractivity contribution < 1.29 is 19.4 Å². The monoisotopic (exact) mass is 530 g/mol. The first-order valence-corrected chi connectivity index (χ1v) is 12.4. The van der Waals surface area contributed by atoms with Crippen molar-refractivity contribution in [2.24, 2.45) is 0 Å². The highest BCUT2D eigenvalue weighted by Gasteiger charge is 2.48. The molecule has 8 nitrogen and oxygen atoms in total. The van der Waals surface area contributed by atoms with E-state index >= 15 is 0 Å². The molecule has 38 heavy (non-hydrogen) atoms. The number of fused-ring (bicyclic) bond motifs is 1. The van der Waals surface area contributed by atoms with Crippen LogP contribution < -0.4 is 14.5 Å². The molecule has 1 aliphatic rings. The summed E-state index contributed by atoms with van der Waals surface area (Å²) in [5.74, 6) is -1.29. The minimum absolute atomic E-state index is 0.0540. The Kier molecular flexibility index (Phi) is 6.36. The van der Waals surface area contributed by atoms with E-state index in [4.69, 9.17) is 16.3 Å². The number of anilines is 2. The number of Topliss-reactive ketones (excluding diaryl/α,β-unsaturated/α-hetero) is 1. The molecule has 0 aliphatic carbocycles. The molecule has 1 amide bonds. The van der Waals surface area contributed by atoms with E-state index in [1.807, 2.05) is 69.2 Å². The van der Waals surface area contributed by atoms with Gasteiger partial charge in [-0.05, 0) is 73.0 Å². The number of nitrogens with zero attached hydrogens (tertiary/aromatic N) is 3. The molecule has 0 saturated carbocycles. The number of ketones is 1. The minimum Gasteiger partial charge on any atom is -0.507 e. The van der Waals surface area contributed by atoms with Gasteiger partial charge in [0.25, 0.3) is 5.78 Å². The zero-order valence-electron chi connectivity index (χ0n) is 21.7. The Hall–Kier alpha value is -4.30. The number of imidazole rings is 1. The van der Waals surface area contributed by atoms with Gasteiger partial charge in [0.05, 0.1) is 34.8 Å². The molecule has 0 spiro atoms. The second-order valence-electron chi connectivity index (χ2n) is 9.52. The zero-order chi connectivity index (χ0) is 27.3. The first kappa shape index (κ1) is 25.4. The van der Waals surface area contributed by atoms with Gasteiger partial charge in [0.1, 0.15) is 11.5 Å². The van der Waals surface area contributed by atoms with Crippen molar-refractivity contribution in [1.29, 1.82) is 0 Å².